The van der Waals surface area contributed by atoms with Gasteiger partial charge in [0, 0.05) is 7.11 Å². The van der Waals surface area contributed by atoms with Gasteiger partial charge in [0.15, 0.2) is 0 Å². The summed E-state index contributed by atoms with van der Waals surface area (Å²) in [7, 11) is 1.81. The first-order valence-electron chi connectivity index (χ1n) is 4.53. The van der Waals surface area contributed by atoms with Gasteiger partial charge in [0.1, 0.15) is 0 Å². The SMILES string of the molecule is COC(C(C)C)C(C)C(C)C. The molecule has 0 aliphatic rings. The van der Waals surface area contributed by atoms with Crippen LogP contribution in [0.15, 0.2) is 0 Å². The molecule has 0 aromatic rings. The zero-order valence-electron chi connectivity index (χ0n) is 8.72. The Morgan fingerprint density at radius 3 is 1.36 bits per heavy atom. The minimum Gasteiger partial charge on any atom is -0.381 e. The van der Waals surface area contributed by atoms with Crippen LogP contribution in [0.25, 0.3) is 0 Å². The van der Waals surface area contributed by atoms with Crippen LogP contribution in [0, 0.1) is 17.8 Å². The van der Waals surface area contributed by atoms with Crippen LogP contribution >= 0.6 is 0 Å². The zero-order chi connectivity index (χ0) is 9.02. The summed E-state index contributed by atoms with van der Waals surface area (Å²) in [4.78, 5) is 0. The van der Waals surface area contributed by atoms with Crippen LogP contribution in [-0.4, -0.2) is 13.2 Å². The van der Waals surface area contributed by atoms with Gasteiger partial charge in [-0.3, -0.25) is 0 Å². The van der Waals surface area contributed by atoms with Crippen molar-refractivity contribution in [1.29, 1.82) is 0 Å². The van der Waals surface area contributed by atoms with Gasteiger partial charge in [-0.15, -0.1) is 0 Å². The number of hydrogen-bond acceptors (Lipinski definition) is 1. The first-order chi connectivity index (χ1) is 5.00. The molecule has 68 valence electrons. The Kier molecular flexibility index (Phi) is 4.74. The van der Waals surface area contributed by atoms with Crippen LogP contribution in [0.1, 0.15) is 34.6 Å². The average Bonchev–Trinajstić information content (AvgIpc) is 1.88. The van der Waals surface area contributed by atoms with Crippen molar-refractivity contribution in [2.45, 2.75) is 40.7 Å². The Morgan fingerprint density at radius 1 is 0.818 bits per heavy atom. The summed E-state index contributed by atoms with van der Waals surface area (Å²) in [5.74, 6) is 1.99. The molecule has 0 N–H and O–H groups in total. The van der Waals surface area contributed by atoms with E-state index in [-0.39, 0.29) is 0 Å². The number of ether oxygens (including phenoxy) is 1. The van der Waals surface area contributed by atoms with Crippen molar-refractivity contribution in [3.63, 3.8) is 0 Å². The molecule has 0 bridgehead atoms. The maximum absolute atomic E-state index is 5.43. The standard InChI is InChI=1S/C10H22O/c1-7(2)9(5)10(11-6)8(3)4/h7-10H,1-6H3. The second-order valence-electron chi connectivity index (χ2n) is 4.05. The van der Waals surface area contributed by atoms with E-state index in [4.69, 9.17) is 4.74 Å². The van der Waals surface area contributed by atoms with Gasteiger partial charge in [0.25, 0.3) is 0 Å². The Labute approximate surface area is 71.1 Å². The van der Waals surface area contributed by atoms with Crippen LogP contribution in [0.3, 0.4) is 0 Å². The molecule has 1 nitrogen and oxygen atoms in total. The van der Waals surface area contributed by atoms with Crippen LogP contribution < -0.4 is 0 Å². The predicted molar refractivity (Wildman–Crippen MR) is 49.6 cm³/mol. The van der Waals surface area contributed by atoms with Crippen molar-refractivity contribution in [3.05, 3.63) is 0 Å². The summed E-state index contributed by atoms with van der Waals surface area (Å²) in [6.07, 6.45) is 0.412. The van der Waals surface area contributed by atoms with Crippen LogP contribution in [-0.2, 0) is 4.74 Å². The topological polar surface area (TPSA) is 9.23 Å². The third-order valence-electron chi connectivity index (χ3n) is 2.50. The van der Waals surface area contributed by atoms with Gasteiger partial charge in [-0.25, -0.2) is 0 Å². The average molecular weight is 158 g/mol. The molecule has 0 aromatic carbocycles. The molecule has 11 heavy (non-hydrogen) atoms. The first-order valence-corrected chi connectivity index (χ1v) is 4.53. The molecular formula is C10H22O. The van der Waals surface area contributed by atoms with Crippen LogP contribution in [0.4, 0.5) is 0 Å². The maximum atomic E-state index is 5.43. The van der Waals surface area contributed by atoms with E-state index < -0.39 is 0 Å². The van der Waals surface area contributed by atoms with E-state index in [2.05, 4.69) is 34.6 Å². The Morgan fingerprint density at radius 2 is 1.27 bits per heavy atom. The van der Waals surface area contributed by atoms with E-state index in [9.17, 15) is 0 Å². The van der Waals surface area contributed by atoms with E-state index in [0.29, 0.717) is 23.9 Å². The smallest absolute Gasteiger partial charge is 0.0622 e. The summed E-state index contributed by atoms with van der Waals surface area (Å²) < 4.78 is 5.43. The molecule has 0 saturated heterocycles. The second-order valence-corrected chi connectivity index (χ2v) is 4.05. The van der Waals surface area contributed by atoms with Gasteiger partial charge in [-0.2, -0.15) is 0 Å². The summed E-state index contributed by atoms with van der Waals surface area (Å²) in [5, 5.41) is 0. The summed E-state index contributed by atoms with van der Waals surface area (Å²) in [5.41, 5.74) is 0. The first kappa shape index (κ1) is 11.0. The highest BCUT2D eigenvalue weighted by molar-refractivity contribution is 4.71. The molecule has 0 aliphatic heterocycles. The fraction of sp³-hybridized carbons (Fsp3) is 1.00. The van der Waals surface area contributed by atoms with E-state index in [1.54, 1.807) is 0 Å². The van der Waals surface area contributed by atoms with E-state index in [1.165, 1.54) is 0 Å². The molecule has 0 rings (SSSR count). The minimum absolute atomic E-state index is 0.412. The van der Waals surface area contributed by atoms with Gasteiger partial charge in [-0.05, 0) is 17.8 Å². The van der Waals surface area contributed by atoms with Crippen LogP contribution in [0.2, 0.25) is 0 Å². The Hall–Kier alpha value is -0.0400. The van der Waals surface area contributed by atoms with Crippen molar-refractivity contribution >= 4 is 0 Å². The molecule has 0 aromatic heterocycles. The lowest BCUT2D eigenvalue weighted by atomic mass is 9.86. The largest absolute Gasteiger partial charge is 0.381 e. The van der Waals surface area contributed by atoms with Crippen molar-refractivity contribution < 1.29 is 4.74 Å². The lowest BCUT2D eigenvalue weighted by molar-refractivity contribution is 0.00760. The minimum atomic E-state index is 0.412. The van der Waals surface area contributed by atoms with Gasteiger partial charge in [0.05, 0.1) is 6.10 Å². The van der Waals surface area contributed by atoms with Crippen molar-refractivity contribution in [2.24, 2.45) is 17.8 Å². The Balaban J connectivity index is 4.02. The van der Waals surface area contributed by atoms with Crippen LogP contribution in [0.5, 0.6) is 0 Å². The molecule has 0 radical (unpaired) electrons. The quantitative estimate of drug-likeness (QED) is 0.611. The highest BCUT2D eigenvalue weighted by atomic mass is 16.5. The lowest BCUT2D eigenvalue weighted by Crippen LogP contribution is -2.29. The van der Waals surface area contributed by atoms with E-state index in [0.717, 1.165) is 0 Å². The summed E-state index contributed by atoms with van der Waals surface area (Å²) in [6.45, 7) is 11.2. The molecule has 0 aliphatic carbocycles. The fourth-order valence-corrected chi connectivity index (χ4v) is 1.47. The molecule has 0 fully saturated rings. The normalized spacial score (nSPS) is 17.5. The van der Waals surface area contributed by atoms with Gasteiger partial charge >= 0.3 is 0 Å². The summed E-state index contributed by atoms with van der Waals surface area (Å²) >= 11 is 0. The van der Waals surface area contributed by atoms with E-state index in [1.807, 2.05) is 7.11 Å². The molecule has 0 spiro atoms. The maximum Gasteiger partial charge on any atom is 0.0622 e. The van der Waals surface area contributed by atoms with Gasteiger partial charge in [0.2, 0.25) is 0 Å². The highest BCUT2D eigenvalue weighted by Gasteiger charge is 2.22. The molecular weight excluding hydrogens is 136 g/mol. The number of hydrogen-bond donors (Lipinski definition) is 0. The number of rotatable bonds is 4. The highest BCUT2D eigenvalue weighted by Crippen LogP contribution is 2.22. The third-order valence-corrected chi connectivity index (χ3v) is 2.50. The molecule has 2 unspecified atom stereocenters. The number of methoxy groups -OCH3 is 1. The Bertz CT molecular complexity index is 97.0. The lowest BCUT2D eigenvalue weighted by Gasteiger charge is -2.28. The predicted octanol–water partition coefficient (Wildman–Crippen LogP) is 2.95. The van der Waals surface area contributed by atoms with Gasteiger partial charge < -0.3 is 4.74 Å². The molecule has 1 heteroatoms. The van der Waals surface area contributed by atoms with Crippen molar-refractivity contribution in [1.82, 2.24) is 0 Å². The van der Waals surface area contributed by atoms with Crippen molar-refractivity contribution in [3.8, 4) is 0 Å². The second kappa shape index (κ2) is 4.76. The molecule has 2 atom stereocenters. The third kappa shape index (κ3) is 3.24. The fourth-order valence-electron chi connectivity index (χ4n) is 1.47. The summed E-state index contributed by atoms with van der Waals surface area (Å²) in [6, 6.07) is 0. The van der Waals surface area contributed by atoms with Crippen molar-refractivity contribution in [2.75, 3.05) is 7.11 Å². The van der Waals surface area contributed by atoms with E-state index >= 15 is 0 Å². The van der Waals surface area contributed by atoms with Gasteiger partial charge in [-0.1, -0.05) is 34.6 Å². The zero-order valence-corrected chi connectivity index (χ0v) is 8.72. The molecule has 0 heterocycles. The molecule has 0 amide bonds. The monoisotopic (exact) mass is 158 g/mol. The molecule has 0 saturated carbocycles.